The fourth-order valence-electron chi connectivity index (χ4n) is 3.25. The van der Waals surface area contributed by atoms with Gasteiger partial charge in [-0.1, -0.05) is 0 Å². The summed E-state index contributed by atoms with van der Waals surface area (Å²) in [6.45, 7) is 3.55. The van der Waals surface area contributed by atoms with Gasteiger partial charge in [0.05, 0.1) is 24.6 Å². The predicted molar refractivity (Wildman–Crippen MR) is 71.5 cm³/mol. The van der Waals surface area contributed by atoms with E-state index in [0.717, 1.165) is 31.7 Å². The molecule has 2 amide bonds. The maximum atomic E-state index is 12.3. The minimum Gasteiger partial charge on any atom is -0.336 e. The number of aryl methyl sites for hydroxylation is 1. The van der Waals surface area contributed by atoms with Gasteiger partial charge in [-0.25, -0.2) is 9.78 Å². The van der Waals surface area contributed by atoms with Crippen molar-refractivity contribution in [1.29, 1.82) is 0 Å². The first-order valence-corrected chi connectivity index (χ1v) is 6.83. The number of nitrogens with zero attached hydrogens (tertiary/aromatic N) is 4. The average molecular weight is 263 g/mol. The van der Waals surface area contributed by atoms with Crippen molar-refractivity contribution >= 4 is 6.03 Å². The Bertz CT molecular complexity index is 471. The molecule has 3 heterocycles. The van der Waals surface area contributed by atoms with Crippen LogP contribution in [0.1, 0.15) is 12.1 Å². The number of urea groups is 1. The Labute approximate surface area is 113 Å². The van der Waals surface area contributed by atoms with Crippen LogP contribution in [0.15, 0.2) is 12.5 Å². The second-order valence-electron chi connectivity index (χ2n) is 5.69. The van der Waals surface area contributed by atoms with Crippen LogP contribution in [0.25, 0.3) is 0 Å². The van der Waals surface area contributed by atoms with Gasteiger partial charge in [-0.05, 0) is 19.4 Å². The van der Waals surface area contributed by atoms with Gasteiger partial charge >= 0.3 is 6.03 Å². The lowest BCUT2D eigenvalue weighted by molar-refractivity contribution is 0.188. The van der Waals surface area contributed by atoms with Gasteiger partial charge < -0.3 is 19.7 Å². The molecule has 0 spiro atoms. The van der Waals surface area contributed by atoms with Crippen molar-refractivity contribution in [3.63, 3.8) is 0 Å². The van der Waals surface area contributed by atoms with E-state index in [1.54, 1.807) is 12.5 Å². The maximum Gasteiger partial charge on any atom is 0.318 e. The molecule has 2 aliphatic heterocycles. The minimum atomic E-state index is 0.0593. The molecule has 3 rings (SSSR count). The number of fused-ring (bicyclic) bond motifs is 1. The number of aromatic nitrogens is 2. The third-order valence-corrected chi connectivity index (χ3v) is 4.33. The largest absolute Gasteiger partial charge is 0.336 e. The normalized spacial score (nSPS) is 26.7. The molecule has 2 fully saturated rings. The number of carbonyl (C=O) groups is 1. The van der Waals surface area contributed by atoms with Crippen molar-refractivity contribution in [3.05, 3.63) is 18.2 Å². The molecule has 6 nitrogen and oxygen atoms in total. The van der Waals surface area contributed by atoms with Crippen molar-refractivity contribution < 1.29 is 4.79 Å². The Balaban J connectivity index is 1.58. The third-order valence-electron chi connectivity index (χ3n) is 4.33. The molecule has 2 aliphatic rings. The SMILES string of the molecule is CN1CC2CCN(C(=O)NCc3cncn3C)C2C1. The number of carbonyl (C=O) groups excluding carboxylic acids is 1. The lowest BCUT2D eigenvalue weighted by atomic mass is 10.1. The van der Waals surface area contributed by atoms with Gasteiger partial charge in [0.25, 0.3) is 0 Å². The van der Waals surface area contributed by atoms with Crippen molar-refractivity contribution in [3.8, 4) is 0 Å². The van der Waals surface area contributed by atoms with Gasteiger partial charge in [0.15, 0.2) is 0 Å². The van der Waals surface area contributed by atoms with Crippen LogP contribution in [0.5, 0.6) is 0 Å². The van der Waals surface area contributed by atoms with Crippen LogP contribution < -0.4 is 5.32 Å². The molecule has 2 unspecified atom stereocenters. The molecule has 0 saturated carbocycles. The summed E-state index contributed by atoms with van der Waals surface area (Å²) >= 11 is 0. The van der Waals surface area contributed by atoms with Crippen molar-refractivity contribution in [1.82, 2.24) is 24.7 Å². The van der Waals surface area contributed by atoms with Crippen LogP contribution in [-0.2, 0) is 13.6 Å². The van der Waals surface area contributed by atoms with E-state index < -0.39 is 0 Å². The average Bonchev–Trinajstić information content (AvgIpc) is 3.02. The van der Waals surface area contributed by atoms with Gasteiger partial charge in [-0.3, -0.25) is 0 Å². The highest BCUT2D eigenvalue weighted by molar-refractivity contribution is 5.75. The number of imidazole rings is 1. The molecule has 6 heteroatoms. The summed E-state index contributed by atoms with van der Waals surface area (Å²) < 4.78 is 1.93. The topological polar surface area (TPSA) is 53.4 Å². The zero-order valence-electron chi connectivity index (χ0n) is 11.5. The van der Waals surface area contributed by atoms with Crippen LogP contribution in [-0.4, -0.2) is 58.1 Å². The number of rotatable bonds is 2. The molecule has 0 radical (unpaired) electrons. The van der Waals surface area contributed by atoms with Crippen LogP contribution in [0.3, 0.4) is 0 Å². The van der Waals surface area contributed by atoms with Crippen molar-refractivity contribution in [2.75, 3.05) is 26.7 Å². The van der Waals surface area contributed by atoms with E-state index in [-0.39, 0.29) is 6.03 Å². The van der Waals surface area contributed by atoms with E-state index in [2.05, 4.69) is 22.2 Å². The molecule has 19 heavy (non-hydrogen) atoms. The summed E-state index contributed by atoms with van der Waals surface area (Å²) in [6.07, 6.45) is 4.67. The Hall–Kier alpha value is -1.56. The Kier molecular flexibility index (Phi) is 3.18. The lowest BCUT2D eigenvalue weighted by Crippen LogP contribution is -2.45. The van der Waals surface area contributed by atoms with Crippen LogP contribution >= 0.6 is 0 Å². The molecule has 1 N–H and O–H groups in total. The zero-order valence-corrected chi connectivity index (χ0v) is 11.5. The highest BCUT2D eigenvalue weighted by atomic mass is 16.2. The monoisotopic (exact) mass is 263 g/mol. The Morgan fingerprint density at radius 3 is 3.05 bits per heavy atom. The number of likely N-dealkylation sites (tertiary alicyclic amines) is 2. The molecule has 2 saturated heterocycles. The van der Waals surface area contributed by atoms with Gasteiger partial charge in [0.1, 0.15) is 0 Å². The minimum absolute atomic E-state index is 0.0593. The van der Waals surface area contributed by atoms with E-state index in [1.165, 1.54) is 0 Å². The van der Waals surface area contributed by atoms with Gasteiger partial charge in [-0.15, -0.1) is 0 Å². The first-order chi connectivity index (χ1) is 9.15. The highest BCUT2D eigenvalue weighted by Crippen LogP contribution is 2.30. The summed E-state index contributed by atoms with van der Waals surface area (Å²) in [5.41, 5.74) is 1.02. The van der Waals surface area contributed by atoms with E-state index in [0.29, 0.717) is 18.5 Å². The summed E-state index contributed by atoms with van der Waals surface area (Å²) in [5.74, 6) is 0.660. The first-order valence-electron chi connectivity index (χ1n) is 6.83. The van der Waals surface area contributed by atoms with Crippen LogP contribution in [0.2, 0.25) is 0 Å². The van der Waals surface area contributed by atoms with Gasteiger partial charge in [0.2, 0.25) is 0 Å². The standard InChI is InChI=1S/C13H21N5O/c1-16-7-10-3-4-18(12(10)8-16)13(19)15-6-11-5-14-9-17(11)2/h5,9-10,12H,3-4,6-8H2,1-2H3,(H,15,19). The van der Waals surface area contributed by atoms with Gasteiger partial charge in [-0.2, -0.15) is 0 Å². The smallest absolute Gasteiger partial charge is 0.318 e. The number of amides is 2. The molecular formula is C13H21N5O. The van der Waals surface area contributed by atoms with Crippen LogP contribution in [0, 0.1) is 5.92 Å². The first kappa shape index (κ1) is 12.5. The molecule has 0 aliphatic carbocycles. The number of likely N-dealkylation sites (N-methyl/N-ethyl adjacent to an activating group) is 1. The summed E-state index contributed by atoms with van der Waals surface area (Å²) in [4.78, 5) is 20.6. The Morgan fingerprint density at radius 2 is 2.32 bits per heavy atom. The quantitative estimate of drug-likeness (QED) is 0.833. The summed E-state index contributed by atoms with van der Waals surface area (Å²) in [6, 6.07) is 0.459. The fourth-order valence-corrected chi connectivity index (χ4v) is 3.25. The molecule has 0 aromatic carbocycles. The maximum absolute atomic E-state index is 12.3. The molecule has 104 valence electrons. The fraction of sp³-hybridized carbons (Fsp3) is 0.692. The highest BCUT2D eigenvalue weighted by Gasteiger charge is 2.42. The number of hydrogen-bond donors (Lipinski definition) is 1. The van der Waals surface area contributed by atoms with Gasteiger partial charge in [0, 0.05) is 32.9 Å². The predicted octanol–water partition coefficient (Wildman–Crippen LogP) is 0.266. The molecule has 1 aromatic rings. The molecule has 1 aromatic heterocycles. The van der Waals surface area contributed by atoms with Crippen LogP contribution in [0.4, 0.5) is 4.79 Å². The summed E-state index contributed by atoms with van der Waals surface area (Å²) in [7, 11) is 4.07. The van der Waals surface area contributed by atoms with E-state index in [4.69, 9.17) is 0 Å². The lowest BCUT2D eigenvalue weighted by Gasteiger charge is -2.24. The zero-order chi connectivity index (χ0) is 13.4. The molecule has 2 atom stereocenters. The Morgan fingerprint density at radius 1 is 1.47 bits per heavy atom. The summed E-state index contributed by atoms with van der Waals surface area (Å²) in [5, 5.41) is 3.00. The van der Waals surface area contributed by atoms with E-state index in [9.17, 15) is 4.79 Å². The van der Waals surface area contributed by atoms with Crippen molar-refractivity contribution in [2.45, 2.75) is 19.0 Å². The van der Waals surface area contributed by atoms with E-state index >= 15 is 0 Å². The second-order valence-corrected chi connectivity index (χ2v) is 5.69. The van der Waals surface area contributed by atoms with Crippen molar-refractivity contribution in [2.24, 2.45) is 13.0 Å². The van der Waals surface area contributed by atoms with E-state index in [1.807, 2.05) is 16.5 Å². The number of hydrogen-bond acceptors (Lipinski definition) is 3. The molecule has 0 bridgehead atoms. The molecular weight excluding hydrogens is 242 g/mol. The third kappa shape index (κ3) is 2.32. The number of nitrogens with one attached hydrogen (secondary N) is 1. The second kappa shape index (κ2) is 4.85.